The predicted molar refractivity (Wildman–Crippen MR) is 139 cm³/mol. The third kappa shape index (κ3) is 3.38. The summed E-state index contributed by atoms with van der Waals surface area (Å²) in [6.45, 7) is 5.42. The molecule has 0 unspecified atom stereocenters. The third-order valence-corrected chi connectivity index (χ3v) is 7.21. The average Bonchev–Trinajstić information content (AvgIpc) is 3.47. The monoisotopic (exact) mass is 465 g/mol. The van der Waals surface area contributed by atoms with E-state index >= 15 is 0 Å². The van der Waals surface area contributed by atoms with E-state index in [1.54, 1.807) is 4.40 Å². The number of hydrogen-bond donors (Lipinski definition) is 0. The molecule has 3 aromatic heterocycles. The summed E-state index contributed by atoms with van der Waals surface area (Å²) in [4.78, 5) is 18.6. The van der Waals surface area contributed by atoms with Gasteiger partial charge in [0.05, 0.1) is 22.1 Å². The molecule has 6 aromatic rings. The number of imidazole rings is 1. The summed E-state index contributed by atoms with van der Waals surface area (Å²) in [5, 5.41) is 1.12. The van der Waals surface area contributed by atoms with Gasteiger partial charge in [0, 0.05) is 22.7 Å². The number of rotatable bonds is 5. The first-order valence-corrected chi connectivity index (χ1v) is 12.1. The molecule has 3 aromatic carbocycles. The van der Waals surface area contributed by atoms with Gasteiger partial charge in [-0.1, -0.05) is 59.9 Å². The van der Waals surface area contributed by atoms with Crippen molar-refractivity contribution in [2.45, 2.75) is 20.4 Å². The van der Waals surface area contributed by atoms with E-state index in [1.807, 2.05) is 48.5 Å². The van der Waals surface area contributed by atoms with Crippen molar-refractivity contribution in [3.05, 3.63) is 105 Å². The van der Waals surface area contributed by atoms with E-state index in [-0.39, 0.29) is 5.56 Å². The highest BCUT2D eigenvalue weighted by Crippen LogP contribution is 2.24. The van der Waals surface area contributed by atoms with E-state index in [0.717, 1.165) is 49.3 Å². The SMILES string of the molecule is Cc1cccc(C)c1OCCn1cc(C=c2sc3nc4ccccc4n3c2=O)c2ccccc21. The van der Waals surface area contributed by atoms with Crippen molar-refractivity contribution in [1.82, 2.24) is 14.0 Å². The van der Waals surface area contributed by atoms with Crippen LogP contribution in [0.2, 0.25) is 0 Å². The number of aryl methyl sites for hydroxylation is 2. The Morgan fingerprint density at radius 1 is 0.941 bits per heavy atom. The first-order chi connectivity index (χ1) is 16.6. The number of fused-ring (bicyclic) bond motifs is 4. The highest BCUT2D eigenvalue weighted by atomic mass is 32.1. The molecule has 0 atom stereocenters. The molecule has 3 heterocycles. The smallest absolute Gasteiger partial charge is 0.274 e. The van der Waals surface area contributed by atoms with Gasteiger partial charge in [-0.2, -0.15) is 0 Å². The Morgan fingerprint density at radius 2 is 1.68 bits per heavy atom. The van der Waals surface area contributed by atoms with Crippen molar-refractivity contribution < 1.29 is 4.74 Å². The van der Waals surface area contributed by atoms with Crippen LogP contribution in [0.25, 0.3) is 33.0 Å². The summed E-state index contributed by atoms with van der Waals surface area (Å²) in [5.74, 6) is 0.955. The van der Waals surface area contributed by atoms with Crippen LogP contribution in [0.1, 0.15) is 16.7 Å². The van der Waals surface area contributed by atoms with Gasteiger partial charge < -0.3 is 9.30 Å². The van der Waals surface area contributed by atoms with Crippen molar-refractivity contribution in [3.8, 4) is 5.75 Å². The van der Waals surface area contributed by atoms with Crippen molar-refractivity contribution in [1.29, 1.82) is 0 Å². The Hall–Kier alpha value is -3.90. The second-order valence-electron chi connectivity index (χ2n) is 8.50. The Labute approximate surface area is 200 Å². The van der Waals surface area contributed by atoms with Crippen LogP contribution in [0.3, 0.4) is 0 Å². The van der Waals surface area contributed by atoms with Gasteiger partial charge in [-0.25, -0.2) is 9.38 Å². The van der Waals surface area contributed by atoms with Gasteiger partial charge in [0.25, 0.3) is 5.56 Å². The summed E-state index contributed by atoms with van der Waals surface area (Å²) >= 11 is 1.43. The lowest BCUT2D eigenvalue weighted by molar-refractivity contribution is 0.296. The highest BCUT2D eigenvalue weighted by Gasteiger charge is 2.12. The Bertz CT molecular complexity index is 1770. The minimum atomic E-state index is -0.0242. The molecule has 0 aliphatic rings. The van der Waals surface area contributed by atoms with Crippen molar-refractivity contribution >= 4 is 44.3 Å². The summed E-state index contributed by atoms with van der Waals surface area (Å²) in [5.41, 5.74) is 6.10. The minimum absolute atomic E-state index is 0.0242. The lowest BCUT2D eigenvalue weighted by atomic mass is 10.1. The lowest BCUT2D eigenvalue weighted by Gasteiger charge is -2.12. The number of hydrogen-bond acceptors (Lipinski definition) is 4. The van der Waals surface area contributed by atoms with E-state index in [1.165, 1.54) is 11.3 Å². The Morgan fingerprint density at radius 3 is 2.50 bits per heavy atom. The number of nitrogens with zero attached hydrogens (tertiary/aromatic N) is 3. The van der Waals surface area contributed by atoms with E-state index in [2.05, 4.69) is 53.9 Å². The summed E-state index contributed by atoms with van der Waals surface area (Å²) in [6.07, 6.45) is 4.10. The molecule has 0 aliphatic heterocycles. The van der Waals surface area contributed by atoms with Crippen LogP contribution >= 0.6 is 11.3 Å². The van der Waals surface area contributed by atoms with Crippen LogP contribution in [0.5, 0.6) is 5.75 Å². The van der Waals surface area contributed by atoms with E-state index in [4.69, 9.17) is 4.74 Å². The fraction of sp³-hybridized carbons (Fsp3) is 0.143. The van der Waals surface area contributed by atoms with Gasteiger partial charge in [0.2, 0.25) is 0 Å². The molecule has 168 valence electrons. The van der Waals surface area contributed by atoms with Crippen LogP contribution in [-0.2, 0) is 6.54 Å². The normalized spacial score (nSPS) is 12.4. The molecule has 0 saturated heterocycles. The van der Waals surface area contributed by atoms with Gasteiger partial charge in [0.15, 0.2) is 4.96 Å². The van der Waals surface area contributed by atoms with Crippen LogP contribution in [0, 0.1) is 13.8 Å². The average molecular weight is 466 g/mol. The van der Waals surface area contributed by atoms with E-state index in [0.29, 0.717) is 17.7 Å². The predicted octanol–water partition coefficient (Wildman–Crippen LogP) is 5.11. The highest BCUT2D eigenvalue weighted by molar-refractivity contribution is 7.15. The topological polar surface area (TPSA) is 48.5 Å². The van der Waals surface area contributed by atoms with Crippen LogP contribution in [0.4, 0.5) is 0 Å². The maximum atomic E-state index is 13.2. The minimum Gasteiger partial charge on any atom is -0.491 e. The molecule has 34 heavy (non-hydrogen) atoms. The largest absolute Gasteiger partial charge is 0.491 e. The second kappa shape index (κ2) is 8.15. The molecule has 0 aliphatic carbocycles. The van der Waals surface area contributed by atoms with Crippen LogP contribution in [0.15, 0.2) is 77.7 Å². The molecule has 0 fully saturated rings. The summed E-state index contributed by atoms with van der Waals surface area (Å²) in [7, 11) is 0. The number of benzene rings is 3. The molecule has 0 radical (unpaired) electrons. The second-order valence-corrected chi connectivity index (χ2v) is 9.51. The number of ether oxygens (including phenoxy) is 1. The lowest BCUT2D eigenvalue weighted by Crippen LogP contribution is -2.22. The van der Waals surface area contributed by atoms with E-state index in [9.17, 15) is 4.79 Å². The van der Waals surface area contributed by atoms with Crippen molar-refractivity contribution in [2.75, 3.05) is 6.61 Å². The first kappa shape index (κ1) is 20.7. The molecule has 0 N–H and O–H groups in total. The zero-order valence-corrected chi connectivity index (χ0v) is 19.8. The van der Waals surface area contributed by atoms with Crippen molar-refractivity contribution in [3.63, 3.8) is 0 Å². The fourth-order valence-electron chi connectivity index (χ4n) is 4.60. The number of para-hydroxylation sites is 4. The molecule has 5 nitrogen and oxygen atoms in total. The molecule has 0 amide bonds. The van der Waals surface area contributed by atoms with E-state index < -0.39 is 0 Å². The molecule has 0 bridgehead atoms. The number of aromatic nitrogens is 3. The molecular formula is C28H23N3O2S. The van der Waals surface area contributed by atoms with Crippen LogP contribution in [-0.4, -0.2) is 20.6 Å². The van der Waals surface area contributed by atoms with Gasteiger partial charge in [-0.05, 0) is 49.2 Å². The standard InChI is InChI=1S/C28H23N3O2S/c1-18-8-7-9-19(2)26(18)33-15-14-30-17-20(21-10-3-5-12-23(21)30)16-25-27(32)31-24-13-6-4-11-22(24)29-28(31)34-25/h3-13,16-17H,14-15H2,1-2H3. The zero-order chi connectivity index (χ0) is 23.2. The summed E-state index contributed by atoms with van der Waals surface area (Å²) < 4.78 is 10.7. The quantitative estimate of drug-likeness (QED) is 0.356. The first-order valence-electron chi connectivity index (χ1n) is 11.3. The molecule has 0 spiro atoms. The molecule has 6 heteroatoms. The number of thiazole rings is 1. The molecule has 6 rings (SSSR count). The van der Waals surface area contributed by atoms with Gasteiger partial charge in [-0.3, -0.25) is 4.79 Å². The van der Waals surface area contributed by atoms with Gasteiger partial charge in [0.1, 0.15) is 12.4 Å². The Kier molecular flexibility index (Phi) is 4.96. The van der Waals surface area contributed by atoms with Gasteiger partial charge in [-0.15, -0.1) is 0 Å². The zero-order valence-electron chi connectivity index (χ0n) is 19.0. The van der Waals surface area contributed by atoms with Crippen molar-refractivity contribution in [2.24, 2.45) is 0 Å². The summed E-state index contributed by atoms with van der Waals surface area (Å²) in [6, 6.07) is 22.2. The fourth-order valence-corrected chi connectivity index (χ4v) is 5.58. The third-order valence-electron chi connectivity index (χ3n) is 6.24. The maximum Gasteiger partial charge on any atom is 0.274 e. The van der Waals surface area contributed by atoms with Gasteiger partial charge >= 0.3 is 0 Å². The maximum absolute atomic E-state index is 13.2. The molecular weight excluding hydrogens is 442 g/mol. The molecule has 0 saturated carbocycles. The Balaban J connectivity index is 1.38. The van der Waals surface area contributed by atoms with Crippen LogP contribution < -0.4 is 14.8 Å².